The van der Waals surface area contributed by atoms with Crippen LogP contribution in [-0.2, 0) is 4.79 Å². The summed E-state index contributed by atoms with van der Waals surface area (Å²) in [4.78, 5) is 39.3. The number of nitrogens with one attached hydrogen (secondary N) is 2. The molecule has 0 radical (unpaired) electrons. The highest BCUT2D eigenvalue weighted by molar-refractivity contribution is 9.11. The standard InChI is InChI=1S/C29H21Br2N3O4S/c1-18-7-5-10-20(13-18)29(37)38-26-21(14-22(30)15-24(26)31)17-32-34-28(36)25(16-23-11-6-12-39-23)33-27(35)19-8-3-2-4-9-19/h2-17H,1H3,(H,33,35)(H,34,36)/b25-16+,32-17-. The predicted octanol–water partition coefficient (Wildman–Crippen LogP) is 6.72. The van der Waals surface area contributed by atoms with Crippen molar-refractivity contribution in [3.8, 4) is 5.75 Å². The third kappa shape index (κ3) is 7.82. The average molecular weight is 667 g/mol. The molecule has 3 aromatic carbocycles. The number of aryl methyl sites for hydroxylation is 1. The van der Waals surface area contributed by atoms with Crippen LogP contribution < -0.4 is 15.5 Å². The van der Waals surface area contributed by atoms with Crippen LogP contribution in [0.3, 0.4) is 0 Å². The molecule has 0 saturated carbocycles. The molecule has 4 aromatic rings. The van der Waals surface area contributed by atoms with Gasteiger partial charge in [0.1, 0.15) is 5.70 Å². The molecule has 0 unspecified atom stereocenters. The fourth-order valence-corrected chi connectivity index (χ4v) is 5.38. The highest BCUT2D eigenvalue weighted by atomic mass is 79.9. The van der Waals surface area contributed by atoms with Gasteiger partial charge in [-0.1, -0.05) is 57.9 Å². The molecular weight excluding hydrogens is 646 g/mol. The zero-order valence-electron chi connectivity index (χ0n) is 20.5. The summed E-state index contributed by atoms with van der Waals surface area (Å²) in [6.07, 6.45) is 2.93. The quantitative estimate of drug-likeness (QED) is 0.0717. The van der Waals surface area contributed by atoms with E-state index in [0.29, 0.717) is 25.6 Å². The van der Waals surface area contributed by atoms with E-state index in [1.165, 1.54) is 17.6 Å². The Bertz CT molecular complexity index is 1570. The maximum absolute atomic E-state index is 13.0. The fourth-order valence-electron chi connectivity index (χ4n) is 3.39. The van der Waals surface area contributed by atoms with Crippen molar-refractivity contribution in [1.82, 2.24) is 10.7 Å². The molecule has 1 aromatic heterocycles. The number of thiophene rings is 1. The number of carbonyl (C=O) groups is 3. The number of amides is 2. The molecule has 4 rings (SSSR count). The minimum Gasteiger partial charge on any atom is -0.421 e. The summed E-state index contributed by atoms with van der Waals surface area (Å²) >= 11 is 8.27. The lowest BCUT2D eigenvalue weighted by molar-refractivity contribution is -0.117. The molecule has 0 saturated heterocycles. The molecule has 0 atom stereocenters. The van der Waals surface area contributed by atoms with E-state index in [0.717, 1.165) is 10.4 Å². The summed E-state index contributed by atoms with van der Waals surface area (Å²) in [7, 11) is 0. The van der Waals surface area contributed by atoms with Gasteiger partial charge in [0, 0.05) is 20.5 Å². The number of rotatable bonds is 8. The zero-order chi connectivity index (χ0) is 27.8. The van der Waals surface area contributed by atoms with Gasteiger partial charge in [0.2, 0.25) is 0 Å². The SMILES string of the molecule is Cc1cccc(C(=O)Oc2c(Br)cc(Br)cc2/C=N\NC(=O)/C(=C\c2cccs2)NC(=O)c2ccccc2)c1. The van der Waals surface area contributed by atoms with Crippen LogP contribution in [0.4, 0.5) is 0 Å². The van der Waals surface area contributed by atoms with Gasteiger partial charge in [-0.2, -0.15) is 5.10 Å². The Hall–Kier alpha value is -3.86. The van der Waals surface area contributed by atoms with E-state index in [1.807, 2.05) is 30.5 Å². The van der Waals surface area contributed by atoms with E-state index < -0.39 is 17.8 Å². The molecule has 10 heteroatoms. The van der Waals surface area contributed by atoms with Crippen molar-refractivity contribution in [3.63, 3.8) is 0 Å². The van der Waals surface area contributed by atoms with Crippen LogP contribution in [0.15, 0.2) is 104 Å². The lowest BCUT2D eigenvalue weighted by Gasteiger charge is -2.11. The number of benzene rings is 3. The number of nitrogens with zero attached hydrogens (tertiary/aromatic N) is 1. The van der Waals surface area contributed by atoms with Crippen molar-refractivity contribution in [2.45, 2.75) is 6.92 Å². The second-order valence-corrected chi connectivity index (χ2v) is 10.9. The number of hydrazone groups is 1. The van der Waals surface area contributed by atoms with Gasteiger partial charge in [0.15, 0.2) is 5.75 Å². The summed E-state index contributed by atoms with van der Waals surface area (Å²) in [5.41, 5.74) is 4.62. The van der Waals surface area contributed by atoms with E-state index in [1.54, 1.807) is 66.7 Å². The number of hydrogen-bond acceptors (Lipinski definition) is 6. The van der Waals surface area contributed by atoms with Gasteiger partial charge in [0.25, 0.3) is 11.8 Å². The Kier molecular flexibility index (Phi) is 9.59. The molecule has 0 bridgehead atoms. The molecule has 0 aliphatic rings. The predicted molar refractivity (Wildman–Crippen MR) is 160 cm³/mol. The van der Waals surface area contributed by atoms with E-state index in [4.69, 9.17) is 4.74 Å². The van der Waals surface area contributed by atoms with Crippen LogP contribution >= 0.6 is 43.2 Å². The second-order valence-electron chi connectivity index (χ2n) is 8.16. The van der Waals surface area contributed by atoms with Crippen LogP contribution in [0.5, 0.6) is 5.75 Å². The third-order valence-corrected chi connectivity index (χ3v) is 7.08. The first-order valence-electron chi connectivity index (χ1n) is 11.5. The van der Waals surface area contributed by atoms with E-state index in [2.05, 4.69) is 47.7 Å². The number of carbonyl (C=O) groups excluding carboxylic acids is 3. The minimum atomic E-state index is -0.628. The van der Waals surface area contributed by atoms with Gasteiger partial charge in [-0.15, -0.1) is 11.3 Å². The zero-order valence-corrected chi connectivity index (χ0v) is 24.5. The summed E-state index contributed by atoms with van der Waals surface area (Å²) in [5.74, 6) is -1.37. The first-order chi connectivity index (χ1) is 18.8. The Morgan fingerprint density at radius 3 is 2.41 bits per heavy atom. The summed E-state index contributed by atoms with van der Waals surface area (Å²) < 4.78 is 6.88. The van der Waals surface area contributed by atoms with Gasteiger partial charge in [-0.05, 0) is 76.8 Å². The Morgan fingerprint density at radius 1 is 0.923 bits per heavy atom. The van der Waals surface area contributed by atoms with Crippen molar-refractivity contribution >= 4 is 73.3 Å². The Balaban J connectivity index is 1.54. The van der Waals surface area contributed by atoms with Crippen LogP contribution in [0.1, 0.15) is 36.7 Å². The monoisotopic (exact) mass is 665 g/mol. The van der Waals surface area contributed by atoms with Gasteiger partial charge in [-0.25, -0.2) is 10.2 Å². The molecule has 2 amide bonds. The van der Waals surface area contributed by atoms with E-state index >= 15 is 0 Å². The average Bonchev–Trinajstić information content (AvgIpc) is 3.43. The normalized spacial score (nSPS) is 11.3. The highest BCUT2D eigenvalue weighted by Gasteiger charge is 2.17. The van der Waals surface area contributed by atoms with Crippen molar-refractivity contribution < 1.29 is 19.1 Å². The lowest BCUT2D eigenvalue weighted by atomic mass is 10.1. The van der Waals surface area contributed by atoms with Gasteiger partial charge in [-0.3, -0.25) is 9.59 Å². The molecule has 0 aliphatic heterocycles. The highest BCUT2D eigenvalue weighted by Crippen LogP contribution is 2.32. The molecule has 196 valence electrons. The molecule has 0 aliphatic carbocycles. The number of esters is 1. The van der Waals surface area contributed by atoms with E-state index in [-0.39, 0.29) is 11.4 Å². The Labute approximate surface area is 245 Å². The number of ether oxygens (including phenoxy) is 1. The topological polar surface area (TPSA) is 96.9 Å². The van der Waals surface area contributed by atoms with Crippen molar-refractivity contribution in [2.24, 2.45) is 5.10 Å². The third-order valence-electron chi connectivity index (χ3n) is 5.21. The fraction of sp³-hybridized carbons (Fsp3) is 0.0345. The summed E-state index contributed by atoms with van der Waals surface area (Å²) in [6.45, 7) is 1.89. The summed E-state index contributed by atoms with van der Waals surface area (Å²) in [6, 6.07) is 22.7. The first-order valence-corrected chi connectivity index (χ1v) is 14.0. The lowest BCUT2D eigenvalue weighted by Crippen LogP contribution is -2.32. The molecular formula is C29H21Br2N3O4S. The van der Waals surface area contributed by atoms with Gasteiger partial charge >= 0.3 is 5.97 Å². The molecule has 2 N–H and O–H groups in total. The van der Waals surface area contributed by atoms with Gasteiger partial charge < -0.3 is 10.1 Å². The molecule has 39 heavy (non-hydrogen) atoms. The maximum Gasteiger partial charge on any atom is 0.343 e. The van der Waals surface area contributed by atoms with Crippen LogP contribution in [0.25, 0.3) is 6.08 Å². The van der Waals surface area contributed by atoms with Gasteiger partial charge in [0.05, 0.1) is 16.3 Å². The van der Waals surface area contributed by atoms with Crippen LogP contribution in [0, 0.1) is 6.92 Å². The van der Waals surface area contributed by atoms with Crippen molar-refractivity contribution in [1.29, 1.82) is 0 Å². The van der Waals surface area contributed by atoms with Crippen LogP contribution in [-0.4, -0.2) is 24.0 Å². The van der Waals surface area contributed by atoms with Crippen molar-refractivity contribution in [3.05, 3.63) is 126 Å². The van der Waals surface area contributed by atoms with E-state index in [9.17, 15) is 14.4 Å². The minimum absolute atomic E-state index is 0.0185. The Morgan fingerprint density at radius 2 is 1.69 bits per heavy atom. The number of hydrogen-bond donors (Lipinski definition) is 2. The number of halogens is 2. The molecule has 7 nitrogen and oxygen atoms in total. The van der Waals surface area contributed by atoms with Crippen LogP contribution in [0.2, 0.25) is 0 Å². The smallest absolute Gasteiger partial charge is 0.343 e. The molecule has 0 fully saturated rings. The first kappa shape index (κ1) is 28.2. The molecule has 1 heterocycles. The molecule has 0 spiro atoms. The largest absolute Gasteiger partial charge is 0.421 e. The van der Waals surface area contributed by atoms with Crippen molar-refractivity contribution in [2.75, 3.05) is 0 Å². The maximum atomic E-state index is 13.0. The summed E-state index contributed by atoms with van der Waals surface area (Å²) in [5, 5.41) is 8.58. The second kappa shape index (κ2) is 13.3.